The number of likely N-dealkylation sites (tertiary alicyclic amines) is 1. The first kappa shape index (κ1) is 21.3. The summed E-state index contributed by atoms with van der Waals surface area (Å²) < 4.78 is 0. The molecular formula is C22H32N4O3. The molecule has 1 aromatic carbocycles. The minimum Gasteiger partial charge on any atom is -0.325 e. The molecular weight excluding hydrogens is 368 g/mol. The number of nitrogens with zero attached hydrogens (tertiary/aromatic N) is 2. The van der Waals surface area contributed by atoms with Gasteiger partial charge in [0.05, 0.1) is 0 Å². The predicted octanol–water partition coefficient (Wildman–Crippen LogP) is 2.79. The van der Waals surface area contributed by atoms with E-state index in [2.05, 4.69) is 43.2 Å². The van der Waals surface area contributed by atoms with Crippen LogP contribution in [0.2, 0.25) is 0 Å². The summed E-state index contributed by atoms with van der Waals surface area (Å²) in [5.74, 6) is 0.318. The van der Waals surface area contributed by atoms with Gasteiger partial charge in [-0.2, -0.15) is 0 Å². The molecule has 3 rings (SSSR count). The van der Waals surface area contributed by atoms with Crippen molar-refractivity contribution in [1.29, 1.82) is 0 Å². The average Bonchev–Trinajstić information content (AvgIpc) is 2.88. The zero-order valence-corrected chi connectivity index (χ0v) is 17.8. The van der Waals surface area contributed by atoms with Crippen LogP contribution in [0, 0.1) is 5.92 Å². The van der Waals surface area contributed by atoms with Gasteiger partial charge in [-0.25, -0.2) is 4.79 Å². The number of benzene rings is 1. The molecule has 0 atom stereocenters. The van der Waals surface area contributed by atoms with Crippen molar-refractivity contribution in [3.63, 3.8) is 0 Å². The van der Waals surface area contributed by atoms with E-state index in [-0.39, 0.29) is 18.4 Å². The van der Waals surface area contributed by atoms with Gasteiger partial charge in [0.2, 0.25) is 5.91 Å². The van der Waals surface area contributed by atoms with Gasteiger partial charge in [0.25, 0.3) is 5.91 Å². The lowest BCUT2D eigenvalue weighted by Gasteiger charge is -2.37. The number of urea groups is 1. The van der Waals surface area contributed by atoms with E-state index in [0.717, 1.165) is 24.5 Å². The van der Waals surface area contributed by atoms with Gasteiger partial charge in [-0.05, 0) is 42.4 Å². The molecule has 0 aromatic heterocycles. The summed E-state index contributed by atoms with van der Waals surface area (Å²) in [6.45, 7) is 10.8. The summed E-state index contributed by atoms with van der Waals surface area (Å²) in [7, 11) is 0. The van der Waals surface area contributed by atoms with Gasteiger partial charge in [-0.15, -0.1) is 0 Å². The highest BCUT2D eigenvalue weighted by Crippen LogP contribution is 2.29. The molecule has 2 aliphatic rings. The van der Waals surface area contributed by atoms with Crippen molar-refractivity contribution in [2.24, 2.45) is 5.92 Å². The minimum absolute atomic E-state index is 0.270. The molecule has 2 fully saturated rings. The van der Waals surface area contributed by atoms with Crippen molar-refractivity contribution in [2.75, 3.05) is 31.5 Å². The first-order chi connectivity index (χ1) is 13.7. The summed E-state index contributed by atoms with van der Waals surface area (Å²) in [5.41, 5.74) is 0.982. The van der Waals surface area contributed by atoms with Crippen molar-refractivity contribution in [3.05, 3.63) is 29.8 Å². The fourth-order valence-corrected chi connectivity index (χ4v) is 4.09. The summed E-state index contributed by atoms with van der Waals surface area (Å²) in [5, 5.41) is 5.64. The van der Waals surface area contributed by atoms with Crippen molar-refractivity contribution >= 4 is 23.5 Å². The first-order valence-corrected chi connectivity index (χ1v) is 10.5. The number of rotatable bonds is 6. The van der Waals surface area contributed by atoms with Gasteiger partial charge in [-0.3, -0.25) is 14.5 Å². The molecule has 2 saturated heterocycles. The topological polar surface area (TPSA) is 81.8 Å². The number of imide groups is 1. The number of amides is 4. The Morgan fingerprint density at radius 3 is 2.28 bits per heavy atom. The molecule has 7 heteroatoms. The van der Waals surface area contributed by atoms with Gasteiger partial charge in [-0.1, -0.05) is 39.8 Å². The Hall–Kier alpha value is -2.41. The van der Waals surface area contributed by atoms with Gasteiger partial charge in [0, 0.05) is 25.3 Å². The van der Waals surface area contributed by atoms with Gasteiger partial charge in [0.15, 0.2) is 0 Å². The zero-order chi connectivity index (χ0) is 21.2. The second-order valence-corrected chi connectivity index (χ2v) is 8.92. The van der Waals surface area contributed by atoms with E-state index < -0.39 is 11.6 Å². The average molecular weight is 401 g/mol. The maximum absolute atomic E-state index is 13.0. The monoisotopic (exact) mass is 400 g/mol. The van der Waals surface area contributed by atoms with Crippen LogP contribution in [-0.4, -0.2) is 59.4 Å². The van der Waals surface area contributed by atoms with Crippen molar-refractivity contribution in [2.45, 2.75) is 52.0 Å². The molecule has 7 nitrogen and oxygen atoms in total. The van der Waals surface area contributed by atoms with E-state index in [9.17, 15) is 14.4 Å². The lowest BCUT2D eigenvalue weighted by atomic mass is 9.87. The number of piperidine rings is 1. The standard InChI is InChI=1S/C22H32N4O3/c1-15(2)13-25-11-9-22(10-12-25)20(28)26(21(29)24-22)14-19(27)23-18-7-5-17(6-8-18)16(3)4/h5-8,15-16H,9-14H2,1-4H3,(H,23,27)(H,24,29). The van der Waals surface area contributed by atoms with Crippen molar-refractivity contribution in [1.82, 2.24) is 15.1 Å². The molecule has 0 saturated carbocycles. The van der Waals surface area contributed by atoms with Crippen LogP contribution in [0.3, 0.4) is 0 Å². The van der Waals surface area contributed by atoms with Crippen molar-refractivity contribution in [3.8, 4) is 0 Å². The van der Waals surface area contributed by atoms with Gasteiger partial charge < -0.3 is 15.5 Å². The molecule has 1 aromatic rings. The van der Waals surface area contributed by atoms with Crippen LogP contribution in [0.4, 0.5) is 10.5 Å². The number of hydrogen-bond acceptors (Lipinski definition) is 4. The highest BCUT2D eigenvalue weighted by Gasteiger charge is 2.52. The second kappa shape index (κ2) is 8.53. The summed E-state index contributed by atoms with van der Waals surface area (Å²) in [4.78, 5) is 41.2. The lowest BCUT2D eigenvalue weighted by molar-refractivity contribution is -0.135. The van der Waals surface area contributed by atoms with Crippen LogP contribution in [0.1, 0.15) is 52.0 Å². The minimum atomic E-state index is -0.857. The quantitative estimate of drug-likeness (QED) is 0.720. The Morgan fingerprint density at radius 1 is 1.10 bits per heavy atom. The highest BCUT2D eigenvalue weighted by molar-refractivity contribution is 6.10. The molecule has 4 amide bonds. The largest absolute Gasteiger partial charge is 0.325 e. The number of anilines is 1. The Morgan fingerprint density at radius 2 is 1.72 bits per heavy atom. The maximum atomic E-state index is 13.0. The molecule has 0 bridgehead atoms. The van der Waals surface area contributed by atoms with E-state index in [1.807, 2.05) is 24.3 Å². The van der Waals surface area contributed by atoms with E-state index in [1.54, 1.807) is 0 Å². The Bertz CT molecular complexity index is 765. The fourth-order valence-electron chi connectivity index (χ4n) is 4.09. The van der Waals surface area contributed by atoms with Crippen molar-refractivity contribution < 1.29 is 14.4 Å². The molecule has 2 N–H and O–H groups in total. The van der Waals surface area contributed by atoms with Crippen LogP contribution in [0.15, 0.2) is 24.3 Å². The molecule has 0 unspecified atom stereocenters. The summed E-state index contributed by atoms with van der Waals surface area (Å²) >= 11 is 0. The third-order valence-electron chi connectivity index (χ3n) is 5.74. The lowest BCUT2D eigenvalue weighted by Crippen LogP contribution is -2.55. The SMILES string of the molecule is CC(C)CN1CCC2(CC1)NC(=O)N(CC(=O)Nc1ccc(C(C)C)cc1)C2=O. The Balaban J connectivity index is 1.58. The van der Waals surface area contributed by atoms with Gasteiger partial charge in [0.1, 0.15) is 12.1 Å². The first-order valence-electron chi connectivity index (χ1n) is 10.5. The molecule has 29 heavy (non-hydrogen) atoms. The van der Waals surface area contributed by atoms with E-state index in [4.69, 9.17) is 0 Å². The summed E-state index contributed by atoms with van der Waals surface area (Å²) in [6.07, 6.45) is 1.16. The third kappa shape index (κ3) is 4.78. The zero-order valence-electron chi connectivity index (χ0n) is 17.8. The fraction of sp³-hybridized carbons (Fsp3) is 0.591. The number of carbonyl (C=O) groups is 3. The molecule has 0 radical (unpaired) electrons. The van der Waals surface area contributed by atoms with E-state index in [1.165, 1.54) is 5.56 Å². The smallest absolute Gasteiger partial charge is 0.325 e. The van der Waals surface area contributed by atoms with Crippen LogP contribution in [0.5, 0.6) is 0 Å². The van der Waals surface area contributed by atoms with Gasteiger partial charge >= 0.3 is 6.03 Å². The number of nitrogens with one attached hydrogen (secondary N) is 2. The highest BCUT2D eigenvalue weighted by atomic mass is 16.2. The Labute approximate surface area is 172 Å². The van der Waals surface area contributed by atoms with Crippen LogP contribution >= 0.6 is 0 Å². The molecule has 1 spiro atoms. The predicted molar refractivity (Wildman–Crippen MR) is 113 cm³/mol. The Kier molecular flexibility index (Phi) is 6.27. The third-order valence-corrected chi connectivity index (χ3v) is 5.74. The van der Waals surface area contributed by atoms with Crippen LogP contribution in [-0.2, 0) is 9.59 Å². The van der Waals surface area contributed by atoms with E-state index in [0.29, 0.717) is 30.4 Å². The maximum Gasteiger partial charge on any atom is 0.325 e. The summed E-state index contributed by atoms with van der Waals surface area (Å²) in [6, 6.07) is 7.13. The molecule has 2 aliphatic heterocycles. The molecule has 158 valence electrons. The number of carbonyl (C=O) groups excluding carboxylic acids is 3. The second-order valence-electron chi connectivity index (χ2n) is 8.92. The normalized spacial score (nSPS) is 19.3. The van der Waals surface area contributed by atoms with Crippen LogP contribution in [0.25, 0.3) is 0 Å². The molecule has 0 aliphatic carbocycles. The number of hydrogen-bond donors (Lipinski definition) is 2. The molecule has 2 heterocycles. The van der Waals surface area contributed by atoms with Crippen LogP contribution < -0.4 is 10.6 Å². The van der Waals surface area contributed by atoms with E-state index >= 15 is 0 Å².